The lowest BCUT2D eigenvalue weighted by molar-refractivity contribution is 0.0511. The average molecular weight is 299 g/mol. The van der Waals surface area contributed by atoms with E-state index in [0.29, 0.717) is 5.56 Å². The van der Waals surface area contributed by atoms with Gasteiger partial charge in [0.25, 0.3) is 0 Å². The number of hydrogen-bond acceptors (Lipinski definition) is 5. The lowest BCUT2D eigenvalue weighted by atomic mass is 10.0. The molecule has 0 spiro atoms. The van der Waals surface area contributed by atoms with Crippen molar-refractivity contribution in [3.8, 4) is 11.1 Å². The second-order valence-electron chi connectivity index (χ2n) is 4.43. The van der Waals surface area contributed by atoms with Gasteiger partial charge in [-0.2, -0.15) is 0 Å². The second kappa shape index (κ2) is 7.36. The van der Waals surface area contributed by atoms with Crippen LogP contribution in [0.3, 0.4) is 0 Å². The molecule has 0 saturated carbocycles. The molecule has 1 heterocycles. The fraction of sp³-hybridized carbons (Fsp3) is 0.235. The maximum absolute atomic E-state index is 11.9. The van der Waals surface area contributed by atoms with Gasteiger partial charge in [0, 0.05) is 0 Å². The van der Waals surface area contributed by atoms with Crippen molar-refractivity contribution in [1.82, 2.24) is 4.98 Å². The monoisotopic (exact) mass is 299 g/mol. The number of rotatable bonds is 5. The van der Waals surface area contributed by atoms with Gasteiger partial charge in [-0.25, -0.2) is 14.6 Å². The van der Waals surface area contributed by atoms with Gasteiger partial charge in [-0.1, -0.05) is 30.3 Å². The van der Waals surface area contributed by atoms with Crippen molar-refractivity contribution in [3.05, 3.63) is 53.9 Å². The molecule has 5 nitrogen and oxygen atoms in total. The fourth-order valence-electron chi connectivity index (χ4n) is 1.95. The first-order valence-corrected chi connectivity index (χ1v) is 7.07. The normalized spacial score (nSPS) is 10.1. The van der Waals surface area contributed by atoms with Crippen LogP contribution >= 0.6 is 0 Å². The predicted octanol–water partition coefficient (Wildman–Crippen LogP) is 3.10. The molecule has 0 radical (unpaired) electrons. The minimum Gasteiger partial charge on any atom is -0.461 e. The molecule has 0 unspecified atom stereocenters. The third-order valence-corrected chi connectivity index (χ3v) is 2.90. The molecule has 0 bridgehead atoms. The maximum Gasteiger partial charge on any atom is 0.356 e. The van der Waals surface area contributed by atoms with E-state index in [2.05, 4.69) is 4.98 Å². The van der Waals surface area contributed by atoms with E-state index in [1.807, 2.05) is 30.3 Å². The van der Waals surface area contributed by atoms with Crippen molar-refractivity contribution in [1.29, 1.82) is 0 Å². The Morgan fingerprint density at radius 2 is 1.36 bits per heavy atom. The Morgan fingerprint density at radius 1 is 0.864 bits per heavy atom. The quantitative estimate of drug-likeness (QED) is 0.794. The largest absolute Gasteiger partial charge is 0.461 e. The van der Waals surface area contributed by atoms with Gasteiger partial charge in [0.2, 0.25) is 0 Å². The Kier molecular flexibility index (Phi) is 5.25. The first-order chi connectivity index (χ1) is 10.7. The lowest BCUT2D eigenvalue weighted by Gasteiger charge is -2.08. The van der Waals surface area contributed by atoms with Gasteiger partial charge in [0.05, 0.1) is 13.2 Å². The second-order valence-corrected chi connectivity index (χ2v) is 4.43. The molecule has 22 heavy (non-hydrogen) atoms. The third kappa shape index (κ3) is 3.69. The standard InChI is InChI=1S/C17H17NO4/c1-3-21-16(19)14-10-13(12-8-6-5-7-9-12)11-15(18-14)17(20)22-4-2/h5-11H,3-4H2,1-2H3. The lowest BCUT2D eigenvalue weighted by Crippen LogP contribution is -2.13. The molecule has 0 amide bonds. The van der Waals surface area contributed by atoms with Gasteiger partial charge < -0.3 is 9.47 Å². The van der Waals surface area contributed by atoms with E-state index >= 15 is 0 Å². The highest BCUT2D eigenvalue weighted by Crippen LogP contribution is 2.21. The molecule has 0 atom stereocenters. The molecule has 2 rings (SSSR count). The topological polar surface area (TPSA) is 65.5 Å². The highest BCUT2D eigenvalue weighted by atomic mass is 16.5. The predicted molar refractivity (Wildman–Crippen MR) is 81.6 cm³/mol. The summed E-state index contributed by atoms with van der Waals surface area (Å²) in [6.07, 6.45) is 0. The zero-order chi connectivity index (χ0) is 15.9. The molecule has 0 N–H and O–H groups in total. The molecule has 1 aromatic heterocycles. The first kappa shape index (κ1) is 15.7. The summed E-state index contributed by atoms with van der Waals surface area (Å²) in [6, 6.07) is 12.6. The van der Waals surface area contributed by atoms with Crippen LogP contribution in [0.5, 0.6) is 0 Å². The number of esters is 2. The highest BCUT2D eigenvalue weighted by molar-refractivity contribution is 5.94. The van der Waals surface area contributed by atoms with Crippen LogP contribution < -0.4 is 0 Å². The number of ether oxygens (including phenoxy) is 2. The van der Waals surface area contributed by atoms with Crippen molar-refractivity contribution >= 4 is 11.9 Å². The summed E-state index contributed by atoms with van der Waals surface area (Å²) in [6.45, 7) is 3.91. The zero-order valence-corrected chi connectivity index (χ0v) is 12.5. The Labute approximate surface area is 128 Å². The van der Waals surface area contributed by atoms with Crippen molar-refractivity contribution in [2.24, 2.45) is 0 Å². The van der Waals surface area contributed by atoms with Crippen LogP contribution in [0, 0.1) is 0 Å². The SMILES string of the molecule is CCOC(=O)c1cc(-c2ccccc2)cc(C(=O)OCC)n1. The fourth-order valence-corrected chi connectivity index (χ4v) is 1.95. The van der Waals surface area contributed by atoms with E-state index < -0.39 is 11.9 Å². The number of carbonyl (C=O) groups is 2. The van der Waals surface area contributed by atoms with Crippen molar-refractivity contribution < 1.29 is 19.1 Å². The minimum atomic E-state index is -0.564. The number of aromatic nitrogens is 1. The Hall–Kier alpha value is -2.69. The van der Waals surface area contributed by atoms with Gasteiger partial charge in [-0.15, -0.1) is 0 Å². The Bertz CT molecular complexity index is 631. The van der Waals surface area contributed by atoms with E-state index in [1.54, 1.807) is 26.0 Å². The first-order valence-electron chi connectivity index (χ1n) is 7.07. The minimum absolute atomic E-state index is 0.0891. The average Bonchev–Trinajstić information content (AvgIpc) is 2.55. The van der Waals surface area contributed by atoms with Crippen LogP contribution in [0.25, 0.3) is 11.1 Å². The molecule has 0 saturated heterocycles. The summed E-state index contributed by atoms with van der Waals surface area (Å²) in [4.78, 5) is 27.9. The van der Waals surface area contributed by atoms with Crippen LogP contribution in [-0.2, 0) is 9.47 Å². The van der Waals surface area contributed by atoms with Crippen LogP contribution in [0.4, 0.5) is 0 Å². The number of nitrogens with zero attached hydrogens (tertiary/aromatic N) is 1. The zero-order valence-electron chi connectivity index (χ0n) is 12.5. The van der Waals surface area contributed by atoms with Crippen molar-refractivity contribution in [2.75, 3.05) is 13.2 Å². The van der Waals surface area contributed by atoms with Crippen LogP contribution in [0.1, 0.15) is 34.8 Å². The van der Waals surface area contributed by atoms with Crippen LogP contribution in [0.2, 0.25) is 0 Å². The van der Waals surface area contributed by atoms with E-state index in [1.165, 1.54) is 0 Å². The summed E-state index contributed by atoms with van der Waals surface area (Å²) in [5, 5.41) is 0. The molecule has 0 fully saturated rings. The number of benzene rings is 1. The summed E-state index contributed by atoms with van der Waals surface area (Å²) in [5.41, 5.74) is 1.76. The molecular formula is C17H17NO4. The molecule has 5 heteroatoms. The molecule has 0 aliphatic carbocycles. The van der Waals surface area contributed by atoms with Crippen molar-refractivity contribution in [2.45, 2.75) is 13.8 Å². The number of pyridine rings is 1. The van der Waals surface area contributed by atoms with Crippen LogP contribution in [-0.4, -0.2) is 30.1 Å². The van der Waals surface area contributed by atoms with E-state index in [0.717, 1.165) is 5.56 Å². The third-order valence-electron chi connectivity index (χ3n) is 2.90. The number of hydrogen-bond donors (Lipinski definition) is 0. The Morgan fingerprint density at radius 3 is 1.82 bits per heavy atom. The van der Waals surface area contributed by atoms with Gasteiger partial charge in [0.1, 0.15) is 11.4 Å². The summed E-state index contributed by atoms with van der Waals surface area (Å²) in [7, 11) is 0. The smallest absolute Gasteiger partial charge is 0.356 e. The molecule has 114 valence electrons. The maximum atomic E-state index is 11.9. The van der Waals surface area contributed by atoms with E-state index in [9.17, 15) is 9.59 Å². The molecule has 0 aliphatic heterocycles. The molecule has 1 aromatic carbocycles. The summed E-state index contributed by atoms with van der Waals surface area (Å²) >= 11 is 0. The highest BCUT2D eigenvalue weighted by Gasteiger charge is 2.17. The van der Waals surface area contributed by atoms with Gasteiger partial charge in [-0.3, -0.25) is 0 Å². The Balaban J connectivity index is 2.49. The molecule has 2 aromatic rings. The van der Waals surface area contributed by atoms with Crippen LogP contribution in [0.15, 0.2) is 42.5 Å². The van der Waals surface area contributed by atoms with E-state index in [4.69, 9.17) is 9.47 Å². The van der Waals surface area contributed by atoms with E-state index in [-0.39, 0.29) is 24.6 Å². The molecular weight excluding hydrogens is 282 g/mol. The van der Waals surface area contributed by atoms with Gasteiger partial charge in [-0.05, 0) is 37.1 Å². The summed E-state index contributed by atoms with van der Waals surface area (Å²) in [5.74, 6) is -1.13. The molecule has 0 aliphatic rings. The van der Waals surface area contributed by atoms with Gasteiger partial charge >= 0.3 is 11.9 Å². The van der Waals surface area contributed by atoms with Gasteiger partial charge in [0.15, 0.2) is 0 Å². The van der Waals surface area contributed by atoms with Crippen molar-refractivity contribution in [3.63, 3.8) is 0 Å². The number of carbonyl (C=O) groups excluding carboxylic acids is 2. The summed E-state index contributed by atoms with van der Waals surface area (Å²) < 4.78 is 9.92.